The van der Waals surface area contributed by atoms with Crippen molar-refractivity contribution in [1.82, 2.24) is 0 Å². The van der Waals surface area contributed by atoms with Gasteiger partial charge in [0.15, 0.2) is 0 Å². The Morgan fingerprint density at radius 1 is 1.33 bits per heavy atom. The Bertz CT molecular complexity index is 582. The zero-order chi connectivity index (χ0) is 15.8. The molecule has 0 amide bonds. The number of rotatable bonds is 6. The van der Waals surface area contributed by atoms with Gasteiger partial charge in [0.25, 0.3) is 0 Å². The van der Waals surface area contributed by atoms with Crippen LogP contribution in [0.25, 0.3) is 0 Å². The number of hydrogen-bond acceptors (Lipinski definition) is 5. The molecule has 0 bridgehead atoms. The molecule has 0 aliphatic carbocycles. The van der Waals surface area contributed by atoms with Crippen LogP contribution in [0, 0.1) is 0 Å². The van der Waals surface area contributed by atoms with E-state index in [9.17, 15) is 9.59 Å². The standard InChI is InChI=1S/C13H12Cl2N2O4/c1-2-21-13(20)8-3-5-9(6-4-8)17-16-7-10(14)11(15)12(18)19/h3-7,17H,2H2,1H3,(H,18,19)/b11-10-,16-7?. The number of halogens is 2. The summed E-state index contributed by atoms with van der Waals surface area (Å²) in [4.78, 5) is 22.0. The molecule has 0 atom stereocenters. The van der Waals surface area contributed by atoms with Crippen LogP contribution in [0.2, 0.25) is 0 Å². The molecule has 0 saturated carbocycles. The van der Waals surface area contributed by atoms with E-state index in [4.69, 9.17) is 33.0 Å². The van der Waals surface area contributed by atoms with Gasteiger partial charge >= 0.3 is 11.9 Å². The van der Waals surface area contributed by atoms with Crippen LogP contribution in [0.1, 0.15) is 17.3 Å². The predicted molar refractivity (Wildman–Crippen MR) is 80.9 cm³/mol. The molecule has 0 aliphatic rings. The van der Waals surface area contributed by atoms with Crippen LogP contribution < -0.4 is 5.43 Å². The van der Waals surface area contributed by atoms with Gasteiger partial charge in [0.2, 0.25) is 0 Å². The zero-order valence-electron chi connectivity index (χ0n) is 11.0. The molecule has 0 saturated heterocycles. The fraction of sp³-hybridized carbons (Fsp3) is 0.154. The minimum absolute atomic E-state index is 0.209. The summed E-state index contributed by atoms with van der Waals surface area (Å²) in [7, 11) is 0. The SMILES string of the molecule is CCOC(=O)c1ccc(NN=C/C(Cl)=C(/Cl)C(=O)O)cc1. The highest BCUT2D eigenvalue weighted by molar-refractivity contribution is 6.51. The third-order valence-electron chi connectivity index (χ3n) is 2.17. The second kappa shape index (κ2) is 8.28. The van der Waals surface area contributed by atoms with Crippen LogP contribution in [0.15, 0.2) is 39.4 Å². The van der Waals surface area contributed by atoms with Crippen LogP contribution in [0.3, 0.4) is 0 Å². The number of aliphatic carboxylic acids is 1. The molecular formula is C13H12Cl2N2O4. The van der Waals surface area contributed by atoms with Crippen molar-refractivity contribution >= 4 is 47.0 Å². The number of anilines is 1. The normalized spacial score (nSPS) is 12.0. The fourth-order valence-corrected chi connectivity index (χ4v) is 1.40. The maximum absolute atomic E-state index is 11.4. The lowest BCUT2D eigenvalue weighted by Crippen LogP contribution is -2.04. The van der Waals surface area contributed by atoms with Crippen molar-refractivity contribution in [3.8, 4) is 0 Å². The molecule has 1 rings (SSSR count). The summed E-state index contributed by atoms with van der Waals surface area (Å²) in [5, 5.41) is 11.6. The number of hydrogen-bond donors (Lipinski definition) is 2. The molecule has 0 heterocycles. The monoisotopic (exact) mass is 330 g/mol. The number of esters is 1. The molecule has 2 N–H and O–H groups in total. The molecule has 1 aromatic rings. The Balaban J connectivity index is 2.67. The molecule has 0 aliphatic heterocycles. The molecule has 0 radical (unpaired) electrons. The van der Waals surface area contributed by atoms with E-state index < -0.39 is 17.0 Å². The third-order valence-corrected chi connectivity index (χ3v) is 2.91. The third kappa shape index (κ3) is 5.45. The summed E-state index contributed by atoms with van der Waals surface area (Å²) in [5.74, 6) is -1.75. The molecule has 0 unspecified atom stereocenters. The molecule has 0 aromatic heterocycles. The summed E-state index contributed by atoms with van der Waals surface area (Å²) < 4.78 is 4.85. The van der Waals surface area contributed by atoms with E-state index in [0.29, 0.717) is 17.9 Å². The Morgan fingerprint density at radius 3 is 2.48 bits per heavy atom. The van der Waals surface area contributed by atoms with E-state index in [1.807, 2.05) is 0 Å². The smallest absolute Gasteiger partial charge is 0.348 e. The largest absolute Gasteiger partial charge is 0.477 e. The average molecular weight is 331 g/mol. The minimum Gasteiger partial charge on any atom is -0.477 e. The Labute approximate surface area is 131 Å². The van der Waals surface area contributed by atoms with Crippen LogP contribution in [0.5, 0.6) is 0 Å². The van der Waals surface area contributed by atoms with Crippen molar-refractivity contribution in [2.75, 3.05) is 12.0 Å². The van der Waals surface area contributed by atoms with Gasteiger partial charge in [0.1, 0.15) is 5.03 Å². The number of carboxylic acid groups (broad SMARTS) is 1. The first-order chi connectivity index (χ1) is 9.95. The lowest BCUT2D eigenvalue weighted by molar-refractivity contribution is -0.131. The van der Waals surface area contributed by atoms with Gasteiger partial charge in [-0.15, -0.1) is 0 Å². The van der Waals surface area contributed by atoms with Crippen LogP contribution in [0.4, 0.5) is 5.69 Å². The Hall–Kier alpha value is -2.05. The second-order valence-electron chi connectivity index (χ2n) is 3.63. The number of nitrogens with one attached hydrogen (secondary N) is 1. The van der Waals surface area contributed by atoms with Gasteiger partial charge in [-0.25, -0.2) is 9.59 Å². The van der Waals surface area contributed by atoms with E-state index >= 15 is 0 Å². The summed E-state index contributed by atoms with van der Waals surface area (Å²) in [6, 6.07) is 6.36. The van der Waals surface area contributed by atoms with Crippen LogP contribution >= 0.6 is 23.2 Å². The molecule has 0 spiro atoms. The first kappa shape index (κ1) is 17.0. The second-order valence-corrected chi connectivity index (χ2v) is 4.42. The number of hydrazone groups is 1. The van der Waals surface area contributed by atoms with Gasteiger partial charge < -0.3 is 9.84 Å². The van der Waals surface area contributed by atoms with Crippen molar-refractivity contribution in [1.29, 1.82) is 0 Å². The number of ether oxygens (including phenoxy) is 1. The summed E-state index contributed by atoms with van der Waals surface area (Å²) >= 11 is 11.0. The Morgan fingerprint density at radius 2 is 1.95 bits per heavy atom. The van der Waals surface area contributed by atoms with Crippen molar-refractivity contribution < 1.29 is 19.4 Å². The number of carbonyl (C=O) groups is 2. The van der Waals surface area contributed by atoms with E-state index in [1.54, 1.807) is 31.2 Å². The van der Waals surface area contributed by atoms with E-state index in [0.717, 1.165) is 6.21 Å². The van der Waals surface area contributed by atoms with Gasteiger partial charge in [-0.05, 0) is 31.2 Å². The molecule has 112 valence electrons. The molecule has 8 heteroatoms. The van der Waals surface area contributed by atoms with Crippen molar-refractivity contribution in [2.45, 2.75) is 6.92 Å². The molecular weight excluding hydrogens is 319 g/mol. The zero-order valence-corrected chi connectivity index (χ0v) is 12.5. The van der Waals surface area contributed by atoms with E-state index in [2.05, 4.69) is 10.5 Å². The first-order valence-electron chi connectivity index (χ1n) is 5.80. The molecule has 21 heavy (non-hydrogen) atoms. The van der Waals surface area contributed by atoms with Crippen LogP contribution in [-0.4, -0.2) is 29.9 Å². The number of carbonyl (C=O) groups excluding carboxylic acids is 1. The fourth-order valence-electron chi connectivity index (χ4n) is 1.22. The topological polar surface area (TPSA) is 88.0 Å². The van der Waals surface area contributed by atoms with Gasteiger partial charge in [0.05, 0.1) is 29.1 Å². The average Bonchev–Trinajstić information content (AvgIpc) is 2.47. The lowest BCUT2D eigenvalue weighted by Gasteiger charge is -2.03. The minimum atomic E-state index is -1.34. The predicted octanol–water partition coefficient (Wildman–Crippen LogP) is 3.03. The van der Waals surface area contributed by atoms with Gasteiger partial charge in [-0.1, -0.05) is 23.2 Å². The molecule has 1 aromatic carbocycles. The van der Waals surface area contributed by atoms with E-state index in [-0.39, 0.29) is 5.03 Å². The highest BCUT2D eigenvalue weighted by Crippen LogP contribution is 2.13. The first-order valence-corrected chi connectivity index (χ1v) is 6.56. The van der Waals surface area contributed by atoms with Gasteiger partial charge in [-0.3, -0.25) is 5.43 Å². The maximum Gasteiger partial charge on any atom is 0.348 e. The number of benzene rings is 1. The number of allylic oxidation sites excluding steroid dienone is 1. The summed E-state index contributed by atoms with van der Waals surface area (Å²) in [5.41, 5.74) is 3.61. The highest BCUT2D eigenvalue weighted by atomic mass is 35.5. The molecule has 0 fully saturated rings. The van der Waals surface area contributed by atoms with Gasteiger partial charge in [0, 0.05) is 0 Å². The number of nitrogens with zero attached hydrogens (tertiary/aromatic N) is 1. The summed E-state index contributed by atoms with van der Waals surface area (Å²) in [6.45, 7) is 2.03. The number of carboxylic acids is 1. The van der Waals surface area contributed by atoms with E-state index in [1.165, 1.54) is 0 Å². The molecule has 6 nitrogen and oxygen atoms in total. The van der Waals surface area contributed by atoms with Gasteiger partial charge in [-0.2, -0.15) is 5.10 Å². The quantitative estimate of drug-likeness (QED) is 0.362. The van der Waals surface area contributed by atoms with Crippen molar-refractivity contribution in [3.63, 3.8) is 0 Å². The maximum atomic E-state index is 11.4. The van der Waals surface area contributed by atoms with Crippen molar-refractivity contribution in [3.05, 3.63) is 39.9 Å². The summed E-state index contributed by atoms with van der Waals surface area (Å²) in [6.07, 6.45) is 1.07. The van der Waals surface area contributed by atoms with Crippen molar-refractivity contribution in [2.24, 2.45) is 5.10 Å². The van der Waals surface area contributed by atoms with Crippen LogP contribution in [-0.2, 0) is 9.53 Å². The highest BCUT2D eigenvalue weighted by Gasteiger charge is 2.08. The lowest BCUT2D eigenvalue weighted by atomic mass is 10.2. The Kier molecular flexibility index (Phi) is 6.71.